The molecule has 0 bridgehead atoms. The second kappa shape index (κ2) is 17.0. The first-order valence-electron chi connectivity index (χ1n) is 17.8. The Morgan fingerprint density at radius 2 is 0.966 bits per heavy atom. The average molecular weight is 809 g/mol. The lowest BCUT2D eigenvalue weighted by Gasteiger charge is -2.17. The van der Waals surface area contributed by atoms with E-state index in [4.69, 9.17) is 13.6 Å². The largest absolute Gasteiger partial charge is 0.480 e. The van der Waals surface area contributed by atoms with Gasteiger partial charge in [-0.15, -0.1) is 20.4 Å². The standard InChI is InChI=1S/C22H21F3N2O3.C20H17F3N2O3/c1-4-29-20(28)21(2,3)19-27-26-18(30-19)17-8-6-5-7-15(17)13-14-9-11-16(12-10-14)22(23,24)25;1-19(2,18(26)27)17-25-24-16(28-17)15-6-4-3-5-13(15)11-12-7-9-14(10-8-12)20(21,22)23/h5-12H,4,13H2,1-3H3;3-10H,11H2,1-2H3,(H,26,27). The van der Waals surface area contributed by atoms with Gasteiger partial charge in [0.05, 0.1) is 17.7 Å². The molecule has 6 rings (SSSR count). The van der Waals surface area contributed by atoms with E-state index in [1.54, 1.807) is 57.2 Å². The van der Waals surface area contributed by atoms with Gasteiger partial charge in [-0.25, -0.2) is 0 Å². The topological polar surface area (TPSA) is 141 Å². The molecule has 0 unspecified atom stereocenters. The lowest BCUT2D eigenvalue weighted by atomic mass is 9.94. The zero-order chi connectivity index (χ0) is 42.5. The SMILES string of the molecule is CC(C)(C(=O)O)c1nnc(-c2ccccc2Cc2ccc(C(F)(F)F)cc2)o1.CCOC(=O)C(C)(C)c1nnc(-c2ccccc2Cc2ccc(C(F)(F)F)cc2)o1. The first kappa shape index (κ1) is 42.8. The monoisotopic (exact) mass is 808 g/mol. The molecule has 0 fully saturated rings. The van der Waals surface area contributed by atoms with E-state index in [1.165, 1.54) is 38.1 Å². The first-order chi connectivity index (χ1) is 27.2. The minimum atomic E-state index is -4.38. The van der Waals surface area contributed by atoms with Crippen LogP contribution in [0.3, 0.4) is 0 Å². The number of carboxylic acid groups (broad SMARTS) is 1. The van der Waals surface area contributed by atoms with Gasteiger partial charge >= 0.3 is 24.3 Å². The third kappa shape index (κ3) is 9.97. The van der Waals surface area contributed by atoms with Crippen LogP contribution in [0.25, 0.3) is 22.9 Å². The van der Waals surface area contributed by atoms with Crippen LogP contribution in [0.5, 0.6) is 0 Å². The van der Waals surface area contributed by atoms with E-state index < -0.39 is 46.2 Å². The maximum Gasteiger partial charge on any atom is 0.416 e. The molecule has 0 aliphatic carbocycles. The molecule has 16 heteroatoms. The van der Waals surface area contributed by atoms with Gasteiger partial charge in [0.25, 0.3) is 0 Å². The molecule has 0 atom stereocenters. The molecular formula is C42H38F6N4O6. The summed E-state index contributed by atoms with van der Waals surface area (Å²) in [6, 6.07) is 24.3. The second-order valence-electron chi connectivity index (χ2n) is 14.2. The maximum absolute atomic E-state index is 12.8. The third-order valence-electron chi connectivity index (χ3n) is 9.09. The van der Waals surface area contributed by atoms with Gasteiger partial charge in [0.1, 0.15) is 10.8 Å². The lowest BCUT2D eigenvalue weighted by molar-refractivity contribution is -0.149. The molecule has 4 aromatic carbocycles. The molecule has 304 valence electrons. The molecule has 0 saturated heterocycles. The van der Waals surface area contributed by atoms with Crippen LogP contribution < -0.4 is 0 Å². The highest BCUT2D eigenvalue weighted by Crippen LogP contribution is 2.34. The summed E-state index contributed by atoms with van der Waals surface area (Å²) in [6.45, 7) is 8.14. The fourth-order valence-electron chi connectivity index (χ4n) is 5.49. The average Bonchev–Trinajstić information content (AvgIpc) is 3.88. The number of benzene rings is 4. The molecule has 2 heterocycles. The van der Waals surface area contributed by atoms with Gasteiger partial charge in [0, 0.05) is 11.1 Å². The Hall–Kier alpha value is -6.32. The Balaban J connectivity index is 0.000000221. The highest BCUT2D eigenvalue weighted by Gasteiger charge is 2.38. The van der Waals surface area contributed by atoms with Crippen LogP contribution in [0.2, 0.25) is 0 Å². The van der Waals surface area contributed by atoms with Crippen molar-refractivity contribution in [2.24, 2.45) is 0 Å². The van der Waals surface area contributed by atoms with Crippen molar-refractivity contribution < 1.29 is 54.6 Å². The minimum Gasteiger partial charge on any atom is -0.480 e. The normalized spacial score (nSPS) is 12.1. The van der Waals surface area contributed by atoms with E-state index in [2.05, 4.69) is 20.4 Å². The van der Waals surface area contributed by atoms with Crippen molar-refractivity contribution in [1.82, 2.24) is 20.4 Å². The maximum atomic E-state index is 12.8. The fraction of sp³-hybridized carbons (Fsp3) is 0.286. The van der Waals surface area contributed by atoms with Crippen LogP contribution in [0, 0.1) is 0 Å². The molecule has 0 spiro atoms. The van der Waals surface area contributed by atoms with Crippen molar-refractivity contribution in [3.63, 3.8) is 0 Å². The number of esters is 1. The third-order valence-corrected chi connectivity index (χ3v) is 9.09. The van der Waals surface area contributed by atoms with E-state index in [0.717, 1.165) is 35.4 Å². The highest BCUT2D eigenvalue weighted by molar-refractivity contribution is 5.81. The van der Waals surface area contributed by atoms with Crippen LogP contribution in [-0.2, 0) is 50.4 Å². The first-order valence-corrected chi connectivity index (χ1v) is 17.8. The van der Waals surface area contributed by atoms with E-state index in [1.807, 2.05) is 12.1 Å². The molecule has 10 nitrogen and oxygen atoms in total. The number of carbonyl (C=O) groups is 2. The van der Waals surface area contributed by atoms with Crippen molar-refractivity contribution in [1.29, 1.82) is 0 Å². The summed E-state index contributed by atoms with van der Waals surface area (Å²) in [5.41, 5.74) is 0.375. The number of hydrogen-bond donors (Lipinski definition) is 1. The zero-order valence-corrected chi connectivity index (χ0v) is 31.9. The Morgan fingerprint density at radius 3 is 1.33 bits per heavy atom. The fourth-order valence-corrected chi connectivity index (χ4v) is 5.49. The number of ether oxygens (including phenoxy) is 1. The number of hydrogen-bond acceptors (Lipinski definition) is 9. The smallest absolute Gasteiger partial charge is 0.416 e. The number of carboxylic acids is 1. The van der Waals surface area contributed by atoms with Gasteiger partial charge in [-0.3, -0.25) is 9.59 Å². The quantitative estimate of drug-likeness (QED) is 0.0993. The van der Waals surface area contributed by atoms with Crippen LogP contribution in [0.1, 0.15) is 79.8 Å². The van der Waals surface area contributed by atoms with Crippen molar-refractivity contribution >= 4 is 11.9 Å². The number of aromatic nitrogens is 4. The summed E-state index contributed by atoms with van der Waals surface area (Å²) in [5.74, 6) is -1.09. The predicted octanol–water partition coefficient (Wildman–Crippen LogP) is 9.90. The van der Waals surface area contributed by atoms with Gasteiger partial charge in [-0.2, -0.15) is 26.3 Å². The van der Waals surface area contributed by atoms with Crippen molar-refractivity contribution in [3.8, 4) is 22.9 Å². The molecule has 1 N–H and O–H groups in total. The van der Waals surface area contributed by atoms with Crippen molar-refractivity contribution in [2.75, 3.05) is 6.61 Å². The second-order valence-corrected chi connectivity index (χ2v) is 14.2. The van der Waals surface area contributed by atoms with Crippen LogP contribution >= 0.6 is 0 Å². The van der Waals surface area contributed by atoms with Gasteiger partial charge < -0.3 is 18.7 Å². The summed E-state index contributed by atoms with van der Waals surface area (Å²) in [6.07, 6.45) is -8.02. The van der Waals surface area contributed by atoms with E-state index in [9.17, 15) is 41.0 Å². The number of nitrogens with zero attached hydrogens (tertiary/aromatic N) is 4. The number of carbonyl (C=O) groups excluding carboxylic acids is 1. The van der Waals surface area contributed by atoms with E-state index in [-0.39, 0.29) is 30.2 Å². The summed E-state index contributed by atoms with van der Waals surface area (Å²) in [4.78, 5) is 23.6. The zero-order valence-electron chi connectivity index (χ0n) is 31.9. The lowest BCUT2D eigenvalue weighted by Crippen LogP contribution is -2.31. The molecule has 2 aromatic heterocycles. The molecular weight excluding hydrogens is 770 g/mol. The van der Waals surface area contributed by atoms with Gasteiger partial charge in [-0.05, 0) is 106 Å². The Kier molecular flexibility index (Phi) is 12.6. The van der Waals surface area contributed by atoms with E-state index in [0.29, 0.717) is 35.1 Å². The van der Waals surface area contributed by atoms with Crippen LogP contribution in [0.15, 0.2) is 106 Å². The van der Waals surface area contributed by atoms with E-state index >= 15 is 0 Å². The summed E-state index contributed by atoms with van der Waals surface area (Å²) >= 11 is 0. The Morgan fingerprint density at radius 1 is 0.586 bits per heavy atom. The van der Waals surface area contributed by atoms with Crippen LogP contribution in [0.4, 0.5) is 26.3 Å². The van der Waals surface area contributed by atoms with Crippen LogP contribution in [-0.4, -0.2) is 44.0 Å². The Bertz CT molecular complexity index is 2350. The highest BCUT2D eigenvalue weighted by atomic mass is 19.4. The van der Waals surface area contributed by atoms with Crippen molar-refractivity contribution in [3.05, 3.63) is 142 Å². The minimum absolute atomic E-state index is 0.0284. The summed E-state index contributed by atoms with van der Waals surface area (Å²) in [7, 11) is 0. The number of halogens is 6. The molecule has 0 radical (unpaired) electrons. The number of aliphatic carboxylic acids is 1. The summed E-state index contributed by atoms with van der Waals surface area (Å²) in [5, 5.41) is 25.2. The summed E-state index contributed by atoms with van der Waals surface area (Å²) < 4.78 is 92.9. The number of rotatable bonds is 11. The molecule has 6 aromatic rings. The van der Waals surface area contributed by atoms with Gasteiger partial charge in [0.15, 0.2) is 0 Å². The van der Waals surface area contributed by atoms with Gasteiger partial charge in [0.2, 0.25) is 23.6 Å². The molecule has 58 heavy (non-hydrogen) atoms. The predicted molar refractivity (Wildman–Crippen MR) is 198 cm³/mol. The molecule has 0 saturated carbocycles. The number of alkyl halides is 6. The molecule has 0 amide bonds. The molecule has 0 aliphatic rings. The molecule has 0 aliphatic heterocycles. The Labute approximate surface area is 328 Å². The van der Waals surface area contributed by atoms with Crippen molar-refractivity contribution in [2.45, 2.75) is 70.6 Å². The van der Waals surface area contributed by atoms with Gasteiger partial charge in [-0.1, -0.05) is 60.7 Å².